The molecule has 0 saturated carbocycles. The summed E-state index contributed by atoms with van der Waals surface area (Å²) in [5.41, 5.74) is 5.01. The standard InChI is InChI=1S/C27H34FN5O5/c1-5-17-8-9-20(23(29)34)33(17)25(36)22(31-26(37)38-27(2,3)4)16-12-18-6-7-19(13-16)32(18)24(35)15-10-11-30-21(28)14-15/h1,10-11,14,16-20,22H,6-9,12-13H2,2-4H3,(H2,29,34)(H,31,37)/t16?,17?,18?,19?,20-,22-/m0/s1. The van der Waals surface area contributed by atoms with E-state index in [-0.39, 0.29) is 29.5 Å². The molecular formula is C27H34FN5O5. The Labute approximate surface area is 221 Å². The van der Waals surface area contributed by atoms with E-state index in [1.165, 1.54) is 17.2 Å². The van der Waals surface area contributed by atoms with E-state index in [9.17, 15) is 23.6 Å². The van der Waals surface area contributed by atoms with Crippen molar-refractivity contribution >= 4 is 23.8 Å². The third kappa shape index (κ3) is 5.59. The van der Waals surface area contributed by atoms with Crippen molar-refractivity contribution in [2.45, 2.75) is 95.1 Å². The van der Waals surface area contributed by atoms with Crippen LogP contribution in [0.2, 0.25) is 0 Å². The summed E-state index contributed by atoms with van der Waals surface area (Å²) in [6, 6.07) is -0.334. The number of hydrogen-bond acceptors (Lipinski definition) is 6. The zero-order chi connectivity index (χ0) is 27.8. The highest BCUT2D eigenvalue weighted by atomic mass is 19.1. The minimum Gasteiger partial charge on any atom is -0.444 e. The van der Waals surface area contributed by atoms with Gasteiger partial charge < -0.3 is 25.6 Å². The maximum absolute atomic E-state index is 14.0. The Kier molecular flexibility index (Phi) is 7.63. The van der Waals surface area contributed by atoms with Gasteiger partial charge in [0.1, 0.15) is 17.7 Å². The number of halogens is 1. The second kappa shape index (κ2) is 10.6. The first-order chi connectivity index (χ1) is 17.9. The number of carbonyl (C=O) groups is 4. The number of ether oxygens (including phenoxy) is 1. The van der Waals surface area contributed by atoms with E-state index in [0.717, 1.165) is 6.07 Å². The van der Waals surface area contributed by atoms with Gasteiger partial charge in [-0.1, -0.05) is 5.92 Å². The average molecular weight is 528 g/mol. The number of pyridine rings is 1. The summed E-state index contributed by atoms with van der Waals surface area (Å²) in [5, 5.41) is 2.74. The lowest BCUT2D eigenvalue weighted by molar-refractivity contribution is -0.141. The SMILES string of the molecule is C#CC1CC[C@@H](C(N)=O)N1C(=O)[C@@H](NC(=O)OC(C)(C)C)C1CC2CCC(C1)N2C(=O)c1ccnc(F)c1. The predicted octanol–water partition coefficient (Wildman–Crippen LogP) is 1.98. The summed E-state index contributed by atoms with van der Waals surface area (Å²) in [7, 11) is 0. The lowest BCUT2D eigenvalue weighted by Gasteiger charge is -2.42. The van der Waals surface area contributed by atoms with Crippen LogP contribution in [0.4, 0.5) is 9.18 Å². The zero-order valence-electron chi connectivity index (χ0n) is 21.9. The van der Waals surface area contributed by atoms with Crippen molar-refractivity contribution in [3.8, 4) is 12.3 Å². The molecule has 0 aromatic carbocycles. The molecule has 5 atom stereocenters. The molecular weight excluding hydrogens is 493 g/mol. The maximum atomic E-state index is 14.0. The van der Waals surface area contributed by atoms with E-state index in [2.05, 4.69) is 16.2 Å². The Morgan fingerprint density at radius 1 is 1.16 bits per heavy atom. The summed E-state index contributed by atoms with van der Waals surface area (Å²) in [6.45, 7) is 5.15. The molecule has 0 radical (unpaired) electrons. The molecule has 1 aromatic heterocycles. The van der Waals surface area contributed by atoms with Crippen molar-refractivity contribution in [2.24, 2.45) is 11.7 Å². The molecule has 3 aliphatic rings. The zero-order valence-corrected chi connectivity index (χ0v) is 21.9. The second-order valence-corrected chi connectivity index (χ2v) is 11.2. The van der Waals surface area contributed by atoms with Gasteiger partial charge >= 0.3 is 6.09 Å². The number of piperidine rings is 1. The van der Waals surface area contributed by atoms with Crippen LogP contribution >= 0.6 is 0 Å². The monoisotopic (exact) mass is 527 g/mol. The van der Waals surface area contributed by atoms with E-state index in [1.807, 2.05) is 0 Å². The van der Waals surface area contributed by atoms with Gasteiger partial charge in [-0.25, -0.2) is 9.78 Å². The van der Waals surface area contributed by atoms with Crippen LogP contribution < -0.4 is 11.1 Å². The van der Waals surface area contributed by atoms with Gasteiger partial charge in [-0.2, -0.15) is 4.39 Å². The number of carbonyl (C=O) groups excluding carboxylic acids is 4. The molecule has 4 rings (SSSR count). The first kappa shape index (κ1) is 27.4. The van der Waals surface area contributed by atoms with Gasteiger partial charge in [0.25, 0.3) is 5.91 Å². The van der Waals surface area contributed by atoms with Crippen molar-refractivity contribution in [3.63, 3.8) is 0 Å². The van der Waals surface area contributed by atoms with Gasteiger partial charge in [0.2, 0.25) is 17.8 Å². The quantitative estimate of drug-likeness (QED) is 0.444. The van der Waals surface area contributed by atoms with Gasteiger partial charge in [-0.3, -0.25) is 14.4 Å². The third-order valence-corrected chi connectivity index (χ3v) is 7.55. The molecule has 3 unspecified atom stereocenters. The molecule has 4 heterocycles. The van der Waals surface area contributed by atoms with Crippen molar-refractivity contribution in [3.05, 3.63) is 29.8 Å². The lowest BCUT2D eigenvalue weighted by atomic mass is 9.83. The van der Waals surface area contributed by atoms with E-state index in [0.29, 0.717) is 38.5 Å². The summed E-state index contributed by atoms with van der Waals surface area (Å²) in [5.74, 6) is 0.0545. The fourth-order valence-electron chi connectivity index (χ4n) is 6.05. The maximum Gasteiger partial charge on any atom is 0.408 e. The molecule has 11 heteroatoms. The highest BCUT2D eigenvalue weighted by molar-refractivity contribution is 5.95. The molecule has 38 heavy (non-hydrogen) atoms. The van der Waals surface area contributed by atoms with Crippen molar-refractivity contribution in [1.82, 2.24) is 20.1 Å². The Bertz CT molecular complexity index is 1150. The molecule has 1 aromatic rings. The fraction of sp³-hybridized carbons (Fsp3) is 0.593. The van der Waals surface area contributed by atoms with Gasteiger partial charge in [-0.15, -0.1) is 6.42 Å². The van der Waals surface area contributed by atoms with Gasteiger partial charge in [0, 0.05) is 29.9 Å². The number of hydrogen-bond donors (Lipinski definition) is 2. The third-order valence-electron chi connectivity index (χ3n) is 7.55. The normalized spacial score (nSPS) is 27.4. The Balaban J connectivity index is 1.60. The Morgan fingerprint density at radius 2 is 1.82 bits per heavy atom. The largest absolute Gasteiger partial charge is 0.444 e. The molecule has 204 valence electrons. The highest BCUT2D eigenvalue weighted by Gasteiger charge is 2.50. The van der Waals surface area contributed by atoms with Gasteiger partial charge in [-0.05, 0) is 71.3 Å². The number of nitrogens with two attached hydrogens (primary N) is 1. The minimum atomic E-state index is -1.03. The van der Waals surface area contributed by atoms with Crippen LogP contribution in [0.25, 0.3) is 0 Å². The van der Waals surface area contributed by atoms with Crippen LogP contribution in [0.1, 0.15) is 69.7 Å². The fourth-order valence-corrected chi connectivity index (χ4v) is 6.05. The number of nitrogens with one attached hydrogen (secondary N) is 1. The second-order valence-electron chi connectivity index (χ2n) is 11.2. The molecule has 3 saturated heterocycles. The van der Waals surface area contributed by atoms with Crippen LogP contribution in [0.15, 0.2) is 18.3 Å². The highest BCUT2D eigenvalue weighted by Crippen LogP contribution is 2.41. The Hall–Kier alpha value is -3.68. The number of fused-ring (bicyclic) bond motifs is 2. The topological polar surface area (TPSA) is 135 Å². The van der Waals surface area contributed by atoms with E-state index in [1.54, 1.807) is 25.7 Å². The number of primary amides is 1. The number of aromatic nitrogens is 1. The average Bonchev–Trinajstić information content (AvgIpc) is 3.38. The van der Waals surface area contributed by atoms with Crippen LogP contribution in [0.3, 0.4) is 0 Å². The van der Waals surface area contributed by atoms with Crippen molar-refractivity contribution in [2.75, 3.05) is 0 Å². The van der Waals surface area contributed by atoms with E-state index < -0.39 is 47.6 Å². The van der Waals surface area contributed by atoms with Crippen molar-refractivity contribution in [1.29, 1.82) is 0 Å². The molecule has 0 aliphatic carbocycles. The molecule has 3 fully saturated rings. The molecule has 10 nitrogen and oxygen atoms in total. The number of amides is 4. The summed E-state index contributed by atoms with van der Waals surface area (Å²) in [6.07, 6.45) is 9.23. The van der Waals surface area contributed by atoms with Crippen LogP contribution in [0, 0.1) is 24.2 Å². The first-order valence-electron chi connectivity index (χ1n) is 12.9. The minimum absolute atomic E-state index is 0.202. The number of likely N-dealkylation sites (tertiary alicyclic amines) is 1. The molecule has 0 spiro atoms. The summed E-state index contributed by atoms with van der Waals surface area (Å²) in [4.78, 5) is 58.8. The molecule has 3 aliphatic heterocycles. The van der Waals surface area contributed by atoms with E-state index >= 15 is 0 Å². The predicted molar refractivity (Wildman–Crippen MR) is 135 cm³/mol. The number of rotatable bonds is 5. The van der Waals surface area contributed by atoms with Crippen LogP contribution in [-0.2, 0) is 14.3 Å². The molecule has 2 bridgehead atoms. The number of alkyl carbamates (subject to hydrolysis) is 1. The van der Waals surface area contributed by atoms with Crippen LogP contribution in [0.5, 0.6) is 0 Å². The summed E-state index contributed by atoms with van der Waals surface area (Å²) >= 11 is 0. The number of nitrogens with zero attached hydrogens (tertiary/aromatic N) is 3. The van der Waals surface area contributed by atoms with Crippen LogP contribution in [-0.4, -0.2) is 74.4 Å². The van der Waals surface area contributed by atoms with Gasteiger partial charge in [0.15, 0.2) is 0 Å². The Morgan fingerprint density at radius 3 is 2.37 bits per heavy atom. The molecule has 3 N–H and O–H groups in total. The van der Waals surface area contributed by atoms with Gasteiger partial charge in [0.05, 0.1) is 6.04 Å². The molecule has 4 amide bonds. The summed E-state index contributed by atoms with van der Waals surface area (Å²) < 4.78 is 19.1. The lowest BCUT2D eigenvalue weighted by Crippen LogP contribution is -2.60. The van der Waals surface area contributed by atoms with E-state index in [4.69, 9.17) is 16.9 Å². The number of terminal acetylenes is 1. The smallest absolute Gasteiger partial charge is 0.408 e. The first-order valence-corrected chi connectivity index (χ1v) is 12.9. The van der Waals surface area contributed by atoms with Crippen molar-refractivity contribution < 1.29 is 28.3 Å².